The molecule has 0 saturated heterocycles. The molecule has 0 unspecified atom stereocenters. The third-order valence-electron chi connectivity index (χ3n) is 4.96. The quantitative estimate of drug-likeness (QED) is 0.391. The molecule has 1 aliphatic rings. The average molecular weight is 382 g/mol. The maximum Gasteiger partial charge on any atom is 0.270 e. The number of hydrogen-bond donors (Lipinski definition) is 0. The summed E-state index contributed by atoms with van der Waals surface area (Å²) in [6.45, 7) is 0.187. The molecule has 1 aromatic heterocycles. The zero-order valence-corrected chi connectivity index (χ0v) is 15.1. The summed E-state index contributed by atoms with van der Waals surface area (Å²) in [5.41, 5.74) is 2.81. The van der Waals surface area contributed by atoms with Gasteiger partial charge in [0.25, 0.3) is 11.2 Å². The van der Waals surface area contributed by atoms with E-state index in [1.54, 1.807) is 24.3 Å². The highest BCUT2D eigenvalue weighted by molar-refractivity contribution is 6.15. The van der Waals surface area contributed by atoms with Crippen LogP contribution in [-0.4, -0.2) is 20.2 Å². The van der Waals surface area contributed by atoms with Gasteiger partial charge in [-0.15, -0.1) is 0 Å². The number of rotatable bonds is 2. The third kappa shape index (κ3) is 2.71. The van der Waals surface area contributed by atoms with Crippen molar-refractivity contribution in [1.82, 2.24) is 9.55 Å². The van der Waals surface area contributed by atoms with Crippen molar-refractivity contribution in [3.05, 3.63) is 110 Å². The van der Waals surface area contributed by atoms with E-state index in [4.69, 9.17) is 4.99 Å². The molecule has 0 N–H and O–H groups in total. The fraction of sp³-hybridized carbons (Fsp3) is 0.0455. The predicted molar refractivity (Wildman–Crippen MR) is 110 cm³/mol. The van der Waals surface area contributed by atoms with Crippen molar-refractivity contribution in [2.45, 2.75) is 6.54 Å². The van der Waals surface area contributed by atoms with E-state index in [9.17, 15) is 14.9 Å². The number of aromatic nitrogens is 2. The number of hydrogen-bond acceptors (Lipinski definition) is 5. The lowest BCUT2D eigenvalue weighted by molar-refractivity contribution is -0.384. The Hall–Kier alpha value is -4.13. The van der Waals surface area contributed by atoms with Crippen LogP contribution >= 0.6 is 0 Å². The van der Waals surface area contributed by atoms with Crippen LogP contribution in [0.5, 0.6) is 0 Å². The second-order valence-electron chi connectivity index (χ2n) is 6.68. The maximum atomic E-state index is 13.3. The summed E-state index contributed by atoms with van der Waals surface area (Å²) < 4.78 is 1.51. The summed E-state index contributed by atoms with van der Waals surface area (Å²) in [7, 11) is 0. The van der Waals surface area contributed by atoms with Crippen molar-refractivity contribution in [1.29, 1.82) is 0 Å². The molecule has 2 heterocycles. The van der Waals surface area contributed by atoms with Gasteiger partial charge < -0.3 is 0 Å². The molecule has 0 spiro atoms. The largest absolute Gasteiger partial charge is 0.276 e. The smallest absolute Gasteiger partial charge is 0.270 e. The summed E-state index contributed by atoms with van der Waals surface area (Å²) in [5, 5.41) is 11.9. The molecule has 140 valence electrons. The van der Waals surface area contributed by atoms with E-state index in [1.165, 1.54) is 16.7 Å². The van der Waals surface area contributed by atoms with Gasteiger partial charge in [0.2, 0.25) is 0 Å². The molecular weight excluding hydrogens is 368 g/mol. The molecule has 0 fully saturated rings. The third-order valence-corrected chi connectivity index (χ3v) is 4.96. The topological polar surface area (TPSA) is 90.4 Å². The van der Waals surface area contributed by atoms with Gasteiger partial charge in [-0.25, -0.2) is 4.98 Å². The number of benzene rings is 3. The van der Waals surface area contributed by atoms with E-state index in [2.05, 4.69) is 4.98 Å². The van der Waals surface area contributed by atoms with Crippen LogP contribution in [0.3, 0.4) is 0 Å². The summed E-state index contributed by atoms with van der Waals surface area (Å²) in [4.78, 5) is 33.6. The molecule has 29 heavy (non-hydrogen) atoms. The number of fused-ring (bicyclic) bond motifs is 4. The second kappa shape index (κ2) is 6.49. The maximum absolute atomic E-state index is 13.3. The highest BCUT2D eigenvalue weighted by Gasteiger charge is 2.24. The molecule has 0 radical (unpaired) electrons. The zero-order chi connectivity index (χ0) is 20.0. The molecule has 0 aliphatic carbocycles. The zero-order valence-electron chi connectivity index (χ0n) is 15.1. The van der Waals surface area contributed by atoms with Crippen LogP contribution < -0.4 is 5.56 Å². The van der Waals surface area contributed by atoms with Gasteiger partial charge in [0.05, 0.1) is 33.8 Å². The molecule has 5 rings (SSSR count). The van der Waals surface area contributed by atoms with Gasteiger partial charge in [-0.1, -0.05) is 42.5 Å². The van der Waals surface area contributed by atoms with Crippen LogP contribution in [0.2, 0.25) is 0 Å². The molecule has 0 amide bonds. The fourth-order valence-corrected chi connectivity index (χ4v) is 3.63. The monoisotopic (exact) mass is 382 g/mol. The molecule has 4 aromatic rings. The normalized spacial score (nSPS) is 12.6. The Kier molecular flexibility index (Phi) is 3.80. The van der Waals surface area contributed by atoms with E-state index >= 15 is 0 Å². The van der Waals surface area contributed by atoms with Crippen molar-refractivity contribution in [2.75, 3.05) is 0 Å². The molecule has 0 bridgehead atoms. The van der Waals surface area contributed by atoms with E-state index < -0.39 is 4.92 Å². The van der Waals surface area contributed by atoms with Crippen LogP contribution in [0, 0.1) is 10.1 Å². The van der Waals surface area contributed by atoms with Crippen molar-refractivity contribution < 1.29 is 4.92 Å². The van der Waals surface area contributed by atoms with Gasteiger partial charge in [-0.3, -0.25) is 24.5 Å². The SMILES string of the molecule is O=c1c2ccccc2nc2n1-c1ccc([N+](=O)[O-])cc1C(c1ccccc1)=NC2. The van der Waals surface area contributed by atoms with Crippen LogP contribution in [-0.2, 0) is 6.54 Å². The number of nitrogens with zero attached hydrogens (tertiary/aromatic N) is 4. The van der Waals surface area contributed by atoms with Gasteiger partial charge in [0.15, 0.2) is 0 Å². The Balaban J connectivity index is 1.87. The molecule has 1 aliphatic heterocycles. The minimum absolute atomic E-state index is 0.0578. The molecule has 3 aromatic carbocycles. The van der Waals surface area contributed by atoms with Crippen LogP contribution in [0.1, 0.15) is 17.0 Å². The molecule has 7 heteroatoms. The first-order chi connectivity index (χ1) is 14.1. The lowest BCUT2D eigenvalue weighted by atomic mass is 10.00. The molecule has 0 saturated carbocycles. The van der Waals surface area contributed by atoms with Gasteiger partial charge in [-0.2, -0.15) is 0 Å². The number of nitro benzene ring substituents is 1. The van der Waals surface area contributed by atoms with E-state index in [0.29, 0.717) is 33.7 Å². The lowest BCUT2D eigenvalue weighted by Gasteiger charge is -2.14. The van der Waals surface area contributed by atoms with Crippen molar-refractivity contribution >= 4 is 22.3 Å². The molecule has 0 atom stereocenters. The Bertz CT molecular complexity index is 1370. The van der Waals surface area contributed by atoms with Crippen LogP contribution in [0.15, 0.2) is 82.6 Å². The number of nitro groups is 1. The highest BCUT2D eigenvalue weighted by Crippen LogP contribution is 2.27. The number of non-ortho nitro benzene ring substituents is 1. The first-order valence-corrected chi connectivity index (χ1v) is 9.03. The Morgan fingerprint density at radius 3 is 2.52 bits per heavy atom. The predicted octanol–water partition coefficient (Wildman–Crippen LogP) is 3.64. The summed E-state index contributed by atoms with van der Waals surface area (Å²) in [6.07, 6.45) is 0. The van der Waals surface area contributed by atoms with Crippen LogP contribution in [0.25, 0.3) is 16.6 Å². The summed E-state index contributed by atoms with van der Waals surface area (Å²) in [5.74, 6) is 0.495. The van der Waals surface area contributed by atoms with Crippen molar-refractivity contribution in [3.63, 3.8) is 0 Å². The number of aliphatic imine (C=N–C) groups is 1. The Morgan fingerprint density at radius 1 is 0.966 bits per heavy atom. The highest BCUT2D eigenvalue weighted by atomic mass is 16.6. The van der Waals surface area contributed by atoms with E-state index in [1.807, 2.05) is 36.4 Å². The summed E-state index contributed by atoms with van der Waals surface area (Å²) >= 11 is 0. The minimum Gasteiger partial charge on any atom is -0.276 e. The summed E-state index contributed by atoms with van der Waals surface area (Å²) in [6, 6.07) is 21.0. The van der Waals surface area contributed by atoms with Crippen molar-refractivity contribution in [3.8, 4) is 5.69 Å². The second-order valence-corrected chi connectivity index (χ2v) is 6.68. The van der Waals surface area contributed by atoms with Gasteiger partial charge >= 0.3 is 0 Å². The van der Waals surface area contributed by atoms with E-state index in [-0.39, 0.29) is 17.8 Å². The average Bonchev–Trinajstić information content (AvgIpc) is 2.91. The van der Waals surface area contributed by atoms with Crippen molar-refractivity contribution in [2.24, 2.45) is 4.99 Å². The standard InChI is InChI=1S/C22H14N4O3/c27-22-16-8-4-5-9-18(16)24-20-13-23-21(14-6-2-1-3-7-14)17-12-15(26(28)29)10-11-19(17)25(20)22/h1-12H,13H2. The number of para-hydroxylation sites is 1. The minimum atomic E-state index is -0.448. The van der Waals surface area contributed by atoms with E-state index in [0.717, 1.165) is 5.56 Å². The molecule has 7 nitrogen and oxygen atoms in total. The first kappa shape index (κ1) is 17.0. The van der Waals surface area contributed by atoms with Gasteiger partial charge in [0.1, 0.15) is 5.82 Å². The van der Waals surface area contributed by atoms with Gasteiger partial charge in [0, 0.05) is 23.3 Å². The first-order valence-electron chi connectivity index (χ1n) is 9.03. The molecular formula is C22H14N4O3. The van der Waals surface area contributed by atoms with Crippen LogP contribution in [0.4, 0.5) is 5.69 Å². The fourth-order valence-electron chi connectivity index (χ4n) is 3.63. The lowest BCUT2D eigenvalue weighted by Crippen LogP contribution is -2.24. The Labute approximate surface area is 164 Å². The Morgan fingerprint density at radius 2 is 1.72 bits per heavy atom. The van der Waals surface area contributed by atoms with Gasteiger partial charge in [-0.05, 0) is 18.2 Å².